The first-order valence-corrected chi connectivity index (χ1v) is 12.7. The summed E-state index contributed by atoms with van der Waals surface area (Å²) in [5.41, 5.74) is 4.16. The Kier molecular flexibility index (Phi) is 5.86. The van der Waals surface area contributed by atoms with Gasteiger partial charge in [0.25, 0.3) is 0 Å². The second-order valence-electron chi connectivity index (χ2n) is 12.2. The largest absolute Gasteiger partial charge is 0.393 e. The molecule has 1 N–H and O–H groups in total. The number of fused-ring (bicyclic) bond motifs is 5. The van der Waals surface area contributed by atoms with E-state index in [2.05, 4.69) is 53.7 Å². The molecule has 0 aromatic carbocycles. The first-order valence-electron chi connectivity index (χ1n) is 12.7. The van der Waals surface area contributed by atoms with Gasteiger partial charge < -0.3 is 5.11 Å². The van der Waals surface area contributed by atoms with Crippen LogP contribution < -0.4 is 0 Å². The van der Waals surface area contributed by atoms with Crippen LogP contribution in [-0.4, -0.2) is 11.2 Å². The van der Waals surface area contributed by atoms with Crippen LogP contribution in [0.3, 0.4) is 0 Å². The van der Waals surface area contributed by atoms with Gasteiger partial charge in [0, 0.05) is 0 Å². The van der Waals surface area contributed by atoms with E-state index < -0.39 is 0 Å². The third-order valence-electron chi connectivity index (χ3n) is 10.6. The van der Waals surface area contributed by atoms with Crippen LogP contribution in [0.4, 0.5) is 0 Å². The summed E-state index contributed by atoms with van der Waals surface area (Å²) in [5, 5.41) is 10.3. The average Bonchev–Trinajstić information content (AvgIpc) is 3.03. The lowest BCUT2D eigenvalue weighted by atomic mass is 9.44. The van der Waals surface area contributed by atoms with Crippen molar-refractivity contribution in [1.29, 1.82) is 0 Å². The van der Waals surface area contributed by atoms with Gasteiger partial charge in [0.2, 0.25) is 0 Å². The molecule has 0 aliphatic heterocycles. The first kappa shape index (κ1) is 21.7. The highest BCUT2D eigenvalue weighted by Crippen LogP contribution is 2.66. The van der Waals surface area contributed by atoms with E-state index in [1.807, 2.05) is 0 Å². The zero-order valence-electron chi connectivity index (χ0n) is 20.0. The fourth-order valence-corrected chi connectivity index (χ4v) is 8.16. The predicted molar refractivity (Wildman–Crippen MR) is 124 cm³/mol. The van der Waals surface area contributed by atoms with Gasteiger partial charge in [-0.2, -0.15) is 0 Å². The highest BCUT2D eigenvalue weighted by atomic mass is 16.3. The summed E-state index contributed by atoms with van der Waals surface area (Å²) in [7, 11) is 0. The van der Waals surface area contributed by atoms with Crippen LogP contribution in [0, 0.1) is 46.3 Å². The summed E-state index contributed by atoms with van der Waals surface area (Å²) < 4.78 is 0. The summed E-state index contributed by atoms with van der Waals surface area (Å²) in [6, 6.07) is 0. The Hall–Kier alpha value is -0.560. The van der Waals surface area contributed by atoms with Gasteiger partial charge in [-0.3, -0.25) is 0 Å². The molecule has 1 nitrogen and oxygen atoms in total. The molecule has 3 saturated carbocycles. The summed E-state index contributed by atoms with van der Waals surface area (Å²) >= 11 is 0. The van der Waals surface area contributed by atoms with E-state index in [1.54, 1.807) is 11.1 Å². The van der Waals surface area contributed by atoms with Crippen molar-refractivity contribution < 1.29 is 5.11 Å². The molecule has 2 unspecified atom stereocenters. The number of aliphatic hydroxyl groups excluding tert-OH is 1. The normalized spacial score (nSPS) is 46.0. The van der Waals surface area contributed by atoms with E-state index in [1.165, 1.54) is 44.9 Å². The average molecular weight is 399 g/mol. The molecule has 0 spiro atoms. The minimum Gasteiger partial charge on any atom is -0.393 e. The molecule has 0 amide bonds. The summed E-state index contributed by atoms with van der Waals surface area (Å²) in [5.74, 6) is 4.95. The molecule has 0 aromatic heterocycles. The van der Waals surface area contributed by atoms with Crippen molar-refractivity contribution in [2.75, 3.05) is 0 Å². The van der Waals surface area contributed by atoms with E-state index in [-0.39, 0.29) is 6.10 Å². The topological polar surface area (TPSA) is 20.2 Å². The Morgan fingerprint density at radius 1 is 1.10 bits per heavy atom. The maximum Gasteiger partial charge on any atom is 0.0543 e. The van der Waals surface area contributed by atoms with Crippen molar-refractivity contribution in [3.63, 3.8) is 0 Å². The van der Waals surface area contributed by atoms with Gasteiger partial charge in [-0.25, -0.2) is 0 Å². The monoisotopic (exact) mass is 398 g/mol. The Labute approximate surface area is 180 Å². The van der Waals surface area contributed by atoms with Gasteiger partial charge in [0.15, 0.2) is 0 Å². The molecule has 0 heterocycles. The fraction of sp³-hybridized carbons (Fsp3) is 0.857. The summed E-state index contributed by atoms with van der Waals surface area (Å²) in [6.07, 6.45) is 16.6. The fourth-order valence-electron chi connectivity index (χ4n) is 8.16. The zero-order chi connectivity index (χ0) is 21.0. The van der Waals surface area contributed by atoms with E-state index >= 15 is 0 Å². The SMILES string of the molecule is CC(=CC[C@H](C)C(C)C)C1=CC[C@H]2[C@@H]3CCC4CC(O)CC[C@]4(C)[C@H]3CC[C@]12C. The van der Waals surface area contributed by atoms with Crippen LogP contribution in [0.5, 0.6) is 0 Å². The van der Waals surface area contributed by atoms with Crippen LogP contribution in [0.25, 0.3) is 0 Å². The predicted octanol–water partition coefficient (Wildman–Crippen LogP) is 7.55. The van der Waals surface area contributed by atoms with Crippen molar-refractivity contribution in [1.82, 2.24) is 0 Å². The quantitative estimate of drug-likeness (QED) is 0.518. The Bertz CT molecular complexity index is 672. The molecule has 0 radical (unpaired) electrons. The number of hydrogen-bond acceptors (Lipinski definition) is 1. The minimum absolute atomic E-state index is 0.0285. The van der Waals surface area contributed by atoms with Crippen LogP contribution in [-0.2, 0) is 0 Å². The van der Waals surface area contributed by atoms with Gasteiger partial charge in [-0.1, -0.05) is 52.3 Å². The summed E-state index contributed by atoms with van der Waals surface area (Å²) in [4.78, 5) is 0. The van der Waals surface area contributed by atoms with Crippen molar-refractivity contribution in [2.24, 2.45) is 46.3 Å². The maximum absolute atomic E-state index is 10.3. The number of aliphatic hydroxyl groups is 1. The Balaban J connectivity index is 1.52. The molecular weight excluding hydrogens is 352 g/mol. The number of allylic oxidation sites excluding steroid dienone is 4. The molecule has 164 valence electrons. The van der Waals surface area contributed by atoms with Crippen LogP contribution >= 0.6 is 0 Å². The maximum atomic E-state index is 10.3. The van der Waals surface area contributed by atoms with Gasteiger partial charge in [-0.05, 0) is 117 Å². The smallest absolute Gasteiger partial charge is 0.0543 e. The standard InChI is InChI=1S/C28H46O/c1-18(2)19(3)7-8-20(4)24-11-12-25-23-10-9-21-17-22(29)13-15-27(21,5)26(23)14-16-28(24,25)6/h8,11,18-19,21-23,25-26,29H,7,9-10,12-17H2,1-6H3/t19-,21?,22?,23-,25-,26-,27-,28+/m0/s1. The second-order valence-corrected chi connectivity index (χ2v) is 12.2. The third kappa shape index (κ3) is 3.58. The highest BCUT2D eigenvalue weighted by Gasteiger charge is 2.58. The molecule has 4 rings (SSSR count). The van der Waals surface area contributed by atoms with Crippen LogP contribution in [0.15, 0.2) is 23.3 Å². The molecular formula is C28H46O. The molecule has 8 atom stereocenters. The first-order chi connectivity index (χ1) is 13.7. The molecule has 1 heteroatoms. The van der Waals surface area contributed by atoms with E-state index in [0.717, 1.165) is 48.3 Å². The third-order valence-corrected chi connectivity index (χ3v) is 10.6. The van der Waals surface area contributed by atoms with E-state index in [9.17, 15) is 5.11 Å². The lowest BCUT2D eigenvalue weighted by Gasteiger charge is -2.60. The second kappa shape index (κ2) is 7.85. The van der Waals surface area contributed by atoms with E-state index in [0.29, 0.717) is 10.8 Å². The Morgan fingerprint density at radius 3 is 2.59 bits per heavy atom. The molecule has 0 aromatic rings. The molecule has 4 aliphatic rings. The highest BCUT2D eigenvalue weighted by molar-refractivity contribution is 5.40. The van der Waals surface area contributed by atoms with Gasteiger partial charge in [0.05, 0.1) is 6.10 Å². The molecule has 3 fully saturated rings. The number of hydrogen-bond donors (Lipinski definition) is 1. The number of rotatable bonds is 4. The molecule has 0 bridgehead atoms. The Morgan fingerprint density at radius 2 is 1.86 bits per heavy atom. The van der Waals surface area contributed by atoms with Gasteiger partial charge in [-0.15, -0.1) is 0 Å². The van der Waals surface area contributed by atoms with Crippen molar-refractivity contribution >= 4 is 0 Å². The zero-order valence-corrected chi connectivity index (χ0v) is 20.0. The molecule has 29 heavy (non-hydrogen) atoms. The van der Waals surface area contributed by atoms with Gasteiger partial charge >= 0.3 is 0 Å². The van der Waals surface area contributed by atoms with E-state index in [4.69, 9.17) is 0 Å². The minimum atomic E-state index is -0.0285. The summed E-state index contributed by atoms with van der Waals surface area (Å²) in [6.45, 7) is 14.7. The van der Waals surface area contributed by atoms with Gasteiger partial charge in [0.1, 0.15) is 0 Å². The van der Waals surface area contributed by atoms with Crippen molar-refractivity contribution in [3.05, 3.63) is 23.3 Å². The van der Waals surface area contributed by atoms with Crippen molar-refractivity contribution in [2.45, 2.75) is 105 Å². The molecule has 4 aliphatic carbocycles. The lowest BCUT2D eigenvalue weighted by Crippen LogP contribution is -2.53. The molecule has 0 saturated heterocycles. The lowest BCUT2D eigenvalue weighted by molar-refractivity contribution is -0.117. The van der Waals surface area contributed by atoms with Crippen LogP contribution in [0.1, 0.15) is 99.3 Å². The van der Waals surface area contributed by atoms with Crippen LogP contribution in [0.2, 0.25) is 0 Å². The van der Waals surface area contributed by atoms with Crippen molar-refractivity contribution in [3.8, 4) is 0 Å².